The molecule has 1 aromatic heterocycles. The zero-order valence-electron chi connectivity index (χ0n) is 10.9. The van der Waals surface area contributed by atoms with Gasteiger partial charge in [-0.05, 0) is 11.1 Å². The third-order valence-electron chi connectivity index (χ3n) is 3.11. The molecule has 20 heavy (non-hydrogen) atoms. The van der Waals surface area contributed by atoms with Gasteiger partial charge in [-0.15, -0.1) is 10.2 Å². The van der Waals surface area contributed by atoms with Crippen LogP contribution >= 0.6 is 0 Å². The molecule has 4 nitrogen and oxygen atoms in total. The Morgan fingerprint density at radius 1 is 0.900 bits per heavy atom. The van der Waals surface area contributed by atoms with Crippen LogP contribution in [-0.2, 0) is 6.42 Å². The van der Waals surface area contributed by atoms with E-state index in [0.717, 1.165) is 11.1 Å². The van der Waals surface area contributed by atoms with E-state index in [0.29, 0.717) is 18.2 Å². The normalized spacial score (nSPS) is 12.2. The van der Waals surface area contributed by atoms with Gasteiger partial charge in [-0.25, -0.2) is 0 Å². The highest BCUT2D eigenvalue weighted by Crippen LogP contribution is 2.18. The minimum atomic E-state index is -0.381. The second-order valence-electron chi connectivity index (χ2n) is 4.58. The predicted molar refractivity (Wildman–Crippen MR) is 76.0 cm³/mol. The Morgan fingerprint density at radius 3 is 2.25 bits per heavy atom. The van der Waals surface area contributed by atoms with Crippen LogP contribution in [0.15, 0.2) is 65.1 Å². The van der Waals surface area contributed by atoms with Crippen LogP contribution in [0.1, 0.15) is 29.0 Å². The Morgan fingerprint density at radius 2 is 1.55 bits per heavy atom. The summed E-state index contributed by atoms with van der Waals surface area (Å²) in [5.74, 6) is 1.03. The van der Waals surface area contributed by atoms with Crippen LogP contribution in [-0.4, -0.2) is 10.2 Å². The maximum Gasteiger partial charge on any atom is 0.237 e. The molecule has 3 aromatic rings. The molecule has 3 rings (SSSR count). The number of nitrogens with zero attached hydrogens (tertiary/aromatic N) is 2. The van der Waals surface area contributed by atoms with Crippen LogP contribution in [0.25, 0.3) is 0 Å². The van der Waals surface area contributed by atoms with Gasteiger partial charge in [0.25, 0.3) is 0 Å². The Bertz CT molecular complexity index is 664. The highest BCUT2D eigenvalue weighted by molar-refractivity contribution is 5.23. The van der Waals surface area contributed by atoms with Crippen molar-refractivity contribution in [2.24, 2.45) is 5.73 Å². The highest BCUT2D eigenvalue weighted by Gasteiger charge is 2.16. The molecule has 0 saturated carbocycles. The van der Waals surface area contributed by atoms with Gasteiger partial charge in [-0.2, -0.15) is 0 Å². The zero-order valence-corrected chi connectivity index (χ0v) is 10.9. The first-order chi connectivity index (χ1) is 9.83. The van der Waals surface area contributed by atoms with Crippen molar-refractivity contribution in [1.29, 1.82) is 0 Å². The summed E-state index contributed by atoms with van der Waals surface area (Å²) in [5.41, 5.74) is 8.22. The molecule has 0 amide bonds. The van der Waals surface area contributed by atoms with Gasteiger partial charge in [-0.3, -0.25) is 0 Å². The molecule has 0 aliphatic carbocycles. The van der Waals surface area contributed by atoms with Crippen molar-refractivity contribution in [3.8, 4) is 0 Å². The quantitative estimate of drug-likeness (QED) is 0.787. The zero-order chi connectivity index (χ0) is 13.8. The van der Waals surface area contributed by atoms with E-state index in [1.165, 1.54) is 0 Å². The van der Waals surface area contributed by atoms with Crippen LogP contribution < -0.4 is 5.73 Å². The number of hydrogen-bond acceptors (Lipinski definition) is 4. The SMILES string of the molecule is NC(c1ccccc1)c1nnc(Cc2ccccc2)o1. The number of hydrogen-bond donors (Lipinski definition) is 1. The molecule has 4 heteroatoms. The maximum atomic E-state index is 6.13. The minimum absolute atomic E-state index is 0.381. The smallest absolute Gasteiger partial charge is 0.237 e. The first kappa shape index (κ1) is 12.6. The van der Waals surface area contributed by atoms with Crippen molar-refractivity contribution in [1.82, 2.24) is 10.2 Å². The summed E-state index contributed by atoms with van der Waals surface area (Å²) in [7, 11) is 0. The van der Waals surface area contributed by atoms with Gasteiger partial charge in [0.1, 0.15) is 6.04 Å². The fourth-order valence-corrected chi connectivity index (χ4v) is 2.04. The van der Waals surface area contributed by atoms with Gasteiger partial charge in [0, 0.05) is 0 Å². The average Bonchev–Trinajstić information content (AvgIpc) is 2.97. The fourth-order valence-electron chi connectivity index (χ4n) is 2.04. The Balaban J connectivity index is 1.77. The molecular formula is C16H15N3O. The largest absolute Gasteiger partial charge is 0.423 e. The van der Waals surface area contributed by atoms with E-state index in [2.05, 4.69) is 10.2 Å². The van der Waals surface area contributed by atoms with Gasteiger partial charge in [-0.1, -0.05) is 60.7 Å². The molecule has 0 aliphatic rings. The Kier molecular flexibility index (Phi) is 3.56. The van der Waals surface area contributed by atoms with Gasteiger partial charge >= 0.3 is 0 Å². The lowest BCUT2D eigenvalue weighted by Gasteiger charge is -2.06. The van der Waals surface area contributed by atoms with E-state index >= 15 is 0 Å². The summed E-state index contributed by atoms with van der Waals surface area (Å²) in [6.45, 7) is 0. The number of nitrogens with two attached hydrogens (primary N) is 1. The van der Waals surface area contributed by atoms with Crippen LogP contribution in [0, 0.1) is 0 Å². The second-order valence-corrected chi connectivity index (χ2v) is 4.58. The molecule has 0 radical (unpaired) electrons. The fraction of sp³-hybridized carbons (Fsp3) is 0.125. The summed E-state index contributed by atoms with van der Waals surface area (Å²) in [4.78, 5) is 0. The van der Waals surface area contributed by atoms with Crippen LogP contribution in [0.2, 0.25) is 0 Å². The molecule has 2 aromatic carbocycles. The standard InChI is InChI=1S/C16H15N3O/c17-15(13-9-5-2-6-10-13)16-19-18-14(20-16)11-12-7-3-1-4-8-12/h1-10,15H,11,17H2. The minimum Gasteiger partial charge on any atom is -0.423 e. The highest BCUT2D eigenvalue weighted by atomic mass is 16.4. The van der Waals surface area contributed by atoms with Gasteiger partial charge in [0.15, 0.2) is 0 Å². The van der Waals surface area contributed by atoms with Crippen molar-refractivity contribution in [3.63, 3.8) is 0 Å². The molecule has 100 valence electrons. The van der Waals surface area contributed by atoms with E-state index in [9.17, 15) is 0 Å². The lowest BCUT2D eigenvalue weighted by Crippen LogP contribution is -2.11. The second kappa shape index (κ2) is 5.67. The monoisotopic (exact) mass is 265 g/mol. The van der Waals surface area contributed by atoms with Crippen molar-refractivity contribution >= 4 is 0 Å². The molecule has 0 bridgehead atoms. The summed E-state index contributed by atoms with van der Waals surface area (Å²) >= 11 is 0. The van der Waals surface area contributed by atoms with E-state index in [4.69, 9.17) is 10.2 Å². The number of benzene rings is 2. The number of rotatable bonds is 4. The summed E-state index contributed by atoms with van der Waals surface area (Å²) in [6.07, 6.45) is 0.620. The lowest BCUT2D eigenvalue weighted by molar-refractivity contribution is 0.441. The molecule has 0 fully saturated rings. The maximum absolute atomic E-state index is 6.13. The topological polar surface area (TPSA) is 64.9 Å². The van der Waals surface area contributed by atoms with Crippen molar-refractivity contribution < 1.29 is 4.42 Å². The van der Waals surface area contributed by atoms with E-state index < -0.39 is 0 Å². The molecule has 0 spiro atoms. The van der Waals surface area contributed by atoms with Crippen molar-refractivity contribution in [2.75, 3.05) is 0 Å². The molecule has 2 N–H and O–H groups in total. The van der Waals surface area contributed by atoms with Gasteiger partial charge in [0.2, 0.25) is 11.8 Å². The van der Waals surface area contributed by atoms with Crippen molar-refractivity contribution in [2.45, 2.75) is 12.5 Å². The summed E-state index contributed by atoms with van der Waals surface area (Å²) in [5, 5.41) is 8.11. The van der Waals surface area contributed by atoms with E-state index in [1.54, 1.807) is 0 Å². The molecule has 1 heterocycles. The summed E-state index contributed by atoms with van der Waals surface area (Å²) in [6, 6.07) is 19.4. The van der Waals surface area contributed by atoms with E-state index in [-0.39, 0.29) is 6.04 Å². The molecule has 0 saturated heterocycles. The number of aromatic nitrogens is 2. The van der Waals surface area contributed by atoms with Gasteiger partial charge < -0.3 is 10.2 Å². The Hall–Kier alpha value is -2.46. The predicted octanol–water partition coefficient (Wildman–Crippen LogP) is 2.71. The first-order valence-corrected chi connectivity index (χ1v) is 6.49. The molecule has 1 atom stereocenters. The molecular weight excluding hydrogens is 250 g/mol. The van der Waals surface area contributed by atoms with Crippen molar-refractivity contribution in [3.05, 3.63) is 83.6 Å². The summed E-state index contributed by atoms with van der Waals surface area (Å²) < 4.78 is 5.66. The lowest BCUT2D eigenvalue weighted by atomic mass is 10.1. The molecule has 1 unspecified atom stereocenters. The molecule has 0 aliphatic heterocycles. The van der Waals surface area contributed by atoms with Gasteiger partial charge in [0.05, 0.1) is 6.42 Å². The average molecular weight is 265 g/mol. The third kappa shape index (κ3) is 2.75. The van der Waals surface area contributed by atoms with Crippen LogP contribution in [0.4, 0.5) is 0 Å². The third-order valence-corrected chi connectivity index (χ3v) is 3.11. The van der Waals surface area contributed by atoms with Crippen LogP contribution in [0.3, 0.4) is 0 Å². The first-order valence-electron chi connectivity index (χ1n) is 6.49. The Labute approximate surface area is 117 Å². The van der Waals surface area contributed by atoms with E-state index in [1.807, 2.05) is 60.7 Å². The van der Waals surface area contributed by atoms with Crippen LogP contribution in [0.5, 0.6) is 0 Å².